The predicted octanol–water partition coefficient (Wildman–Crippen LogP) is 3.12. The van der Waals surface area contributed by atoms with Crippen LogP contribution in [-0.4, -0.2) is 55.0 Å². The minimum absolute atomic E-state index is 0.0546. The minimum atomic E-state index is -0.684. The van der Waals surface area contributed by atoms with Crippen LogP contribution < -0.4 is 20.7 Å². The Hall–Kier alpha value is -3.55. The molecule has 0 aliphatic carbocycles. The standard InChI is InChI=1S/C26H34N4O4/c1-4-20-9-5-6-11-23(20)29-26(33)30-14-12-21(13-15-30)28-25(32)24(27-18(2)31)17-19-8-7-10-22(16-19)34-3/h5-11,16,21,24H,4,12-15,17H2,1-3H3,(H,27,31)(H,28,32)(H,29,33). The molecule has 0 saturated carbocycles. The average Bonchev–Trinajstić information content (AvgIpc) is 2.84. The molecule has 1 aliphatic rings. The first kappa shape index (κ1) is 25.1. The predicted molar refractivity (Wildman–Crippen MR) is 132 cm³/mol. The van der Waals surface area contributed by atoms with Crippen LogP contribution in [0, 0.1) is 0 Å². The van der Waals surface area contributed by atoms with Crippen LogP contribution in [0.2, 0.25) is 0 Å². The molecular formula is C26H34N4O4. The lowest BCUT2D eigenvalue weighted by Gasteiger charge is -2.33. The second-order valence-corrected chi connectivity index (χ2v) is 8.52. The molecule has 1 saturated heterocycles. The van der Waals surface area contributed by atoms with Gasteiger partial charge in [-0.15, -0.1) is 0 Å². The number of urea groups is 1. The van der Waals surface area contributed by atoms with Gasteiger partial charge in [0.1, 0.15) is 11.8 Å². The molecule has 1 heterocycles. The molecule has 0 radical (unpaired) electrons. The SMILES string of the molecule is CCc1ccccc1NC(=O)N1CCC(NC(=O)C(Cc2cccc(OC)c2)NC(C)=O)CC1. The molecule has 1 atom stereocenters. The quantitative estimate of drug-likeness (QED) is 0.557. The molecule has 1 aliphatic heterocycles. The molecule has 182 valence electrons. The number of nitrogens with zero attached hydrogens (tertiary/aromatic N) is 1. The molecule has 0 bridgehead atoms. The van der Waals surface area contributed by atoms with Crippen molar-refractivity contribution in [3.05, 3.63) is 59.7 Å². The van der Waals surface area contributed by atoms with Gasteiger partial charge in [0.05, 0.1) is 7.11 Å². The van der Waals surface area contributed by atoms with Crippen molar-refractivity contribution in [1.82, 2.24) is 15.5 Å². The number of benzene rings is 2. The van der Waals surface area contributed by atoms with Crippen LogP contribution in [0.4, 0.5) is 10.5 Å². The molecule has 2 aromatic carbocycles. The number of para-hydroxylation sites is 1. The summed E-state index contributed by atoms with van der Waals surface area (Å²) in [4.78, 5) is 39.2. The monoisotopic (exact) mass is 466 g/mol. The first-order chi connectivity index (χ1) is 16.4. The number of anilines is 1. The van der Waals surface area contributed by atoms with Crippen LogP contribution in [0.15, 0.2) is 48.5 Å². The van der Waals surface area contributed by atoms with Crippen molar-refractivity contribution in [3.8, 4) is 5.75 Å². The summed E-state index contributed by atoms with van der Waals surface area (Å²) in [7, 11) is 1.59. The van der Waals surface area contributed by atoms with Crippen molar-refractivity contribution in [2.75, 3.05) is 25.5 Å². The van der Waals surface area contributed by atoms with Crippen molar-refractivity contribution >= 4 is 23.5 Å². The second kappa shape index (κ2) is 12.1. The summed E-state index contributed by atoms with van der Waals surface area (Å²) in [6, 6.07) is 14.4. The molecule has 8 nitrogen and oxygen atoms in total. The number of carbonyl (C=O) groups excluding carboxylic acids is 3. The van der Waals surface area contributed by atoms with Crippen LogP contribution in [0.25, 0.3) is 0 Å². The molecule has 1 fully saturated rings. The van der Waals surface area contributed by atoms with Crippen LogP contribution >= 0.6 is 0 Å². The zero-order valence-electron chi connectivity index (χ0n) is 20.1. The number of hydrogen-bond acceptors (Lipinski definition) is 4. The molecule has 0 spiro atoms. The van der Waals surface area contributed by atoms with E-state index in [1.807, 2.05) is 48.5 Å². The molecule has 3 N–H and O–H groups in total. The average molecular weight is 467 g/mol. The number of ether oxygens (including phenoxy) is 1. The fourth-order valence-corrected chi connectivity index (χ4v) is 4.16. The van der Waals surface area contributed by atoms with E-state index in [0.717, 1.165) is 23.2 Å². The van der Waals surface area contributed by atoms with E-state index in [0.29, 0.717) is 38.1 Å². The zero-order chi connectivity index (χ0) is 24.5. The third-order valence-corrected chi connectivity index (χ3v) is 6.04. The Labute approximate surface area is 201 Å². The Bertz CT molecular complexity index is 1000. The largest absolute Gasteiger partial charge is 0.497 e. The number of methoxy groups -OCH3 is 1. The summed E-state index contributed by atoms with van der Waals surface area (Å²) >= 11 is 0. The van der Waals surface area contributed by atoms with Gasteiger partial charge in [0.15, 0.2) is 0 Å². The van der Waals surface area contributed by atoms with Gasteiger partial charge in [-0.05, 0) is 48.6 Å². The smallest absolute Gasteiger partial charge is 0.321 e. The fourth-order valence-electron chi connectivity index (χ4n) is 4.16. The van der Waals surface area contributed by atoms with E-state index < -0.39 is 6.04 Å². The number of likely N-dealkylation sites (tertiary alicyclic amines) is 1. The van der Waals surface area contributed by atoms with Crippen LogP contribution in [0.5, 0.6) is 5.75 Å². The highest BCUT2D eigenvalue weighted by Gasteiger charge is 2.27. The van der Waals surface area contributed by atoms with Gasteiger partial charge in [-0.2, -0.15) is 0 Å². The van der Waals surface area contributed by atoms with E-state index in [-0.39, 0.29) is 23.9 Å². The van der Waals surface area contributed by atoms with Crippen LogP contribution in [0.3, 0.4) is 0 Å². The zero-order valence-corrected chi connectivity index (χ0v) is 20.1. The van der Waals surface area contributed by atoms with Gasteiger partial charge >= 0.3 is 6.03 Å². The molecule has 8 heteroatoms. The van der Waals surface area contributed by atoms with Gasteiger partial charge in [0.25, 0.3) is 0 Å². The Morgan fingerprint density at radius 2 is 1.82 bits per heavy atom. The molecule has 1 unspecified atom stereocenters. The van der Waals surface area contributed by atoms with Crippen molar-refractivity contribution in [1.29, 1.82) is 0 Å². The van der Waals surface area contributed by atoms with E-state index in [4.69, 9.17) is 4.74 Å². The maximum atomic E-state index is 13.0. The van der Waals surface area contributed by atoms with Gasteiger partial charge in [0, 0.05) is 38.2 Å². The van der Waals surface area contributed by atoms with Gasteiger partial charge in [-0.25, -0.2) is 4.79 Å². The maximum Gasteiger partial charge on any atom is 0.321 e. The van der Waals surface area contributed by atoms with Gasteiger partial charge in [0.2, 0.25) is 11.8 Å². The second-order valence-electron chi connectivity index (χ2n) is 8.52. The number of carbonyl (C=O) groups is 3. The summed E-state index contributed by atoms with van der Waals surface area (Å²) in [6.45, 7) is 4.55. The summed E-state index contributed by atoms with van der Waals surface area (Å²) in [5.74, 6) is 0.214. The van der Waals surface area contributed by atoms with Gasteiger partial charge in [-0.1, -0.05) is 37.3 Å². The molecule has 34 heavy (non-hydrogen) atoms. The number of aryl methyl sites for hydroxylation is 1. The summed E-state index contributed by atoms with van der Waals surface area (Å²) in [6.07, 6.45) is 2.51. The van der Waals surface area contributed by atoms with Crippen molar-refractivity contribution in [2.24, 2.45) is 0 Å². The van der Waals surface area contributed by atoms with Gasteiger partial charge < -0.3 is 25.6 Å². The Morgan fingerprint density at radius 3 is 2.50 bits per heavy atom. The van der Waals surface area contributed by atoms with E-state index in [1.165, 1.54) is 6.92 Å². The molecule has 3 rings (SSSR count). The molecule has 0 aromatic heterocycles. The Kier molecular flexibility index (Phi) is 8.90. The number of piperidine rings is 1. The van der Waals surface area contributed by atoms with Gasteiger partial charge in [-0.3, -0.25) is 9.59 Å². The Morgan fingerprint density at radius 1 is 1.09 bits per heavy atom. The lowest BCUT2D eigenvalue weighted by molar-refractivity contribution is -0.128. The first-order valence-electron chi connectivity index (χ1n) is 11.7. The summed E-state index contributed by atoms with van der Waals surface area (Å²) in [5.41, 5.74) is 2.83. The highest BCUT2D eigenvalue weighted by Crippen LogP contribution is 2.18. The van der Waals surface area contributed by atoms with Crippen molar-refractivity contribution in [2.45, 2.75) is 51.6 Å². The number of nitrogens with one attached hydrogen (secondary N) is 3. The summed E-state index contributed by atoms with van der Waals surface area (Å²) in [5, 5.41) is 8.82. The maximum absolute atomic E-state index is 13.0. The van der Waals surface area contributed by atoms with E-state index >= 15 is 0 Å². The summed E-state index contributed by atoms with van der Waals surface area (Å²) < 4.78 is 5.25. The van der Waals surface area contributed by atoms with E-state index in [2.05, 4.69) is 22.9 Å². The number of amides is 4. The van der Waals surface area contributed by atoms with Crippen molar-refractivity contribution < 1.29 is 19.1 Å². The van der Waals surface area contributed by atoms with Crippen LogP contribution in [0.1, 0.15) is 37.8 Å². The highest BCUT2D eigenvalue weighted by atomic mass is 16.5. The lowest BCUT2D eigenvalue weighted by Crippen LogP contribution is -2.53. The highest BCUT2D eigenvalue weighted by molar-refractivity contribution is 5.90. The Balaban J connectivity index is 1.54. The van der Waals surface area contributed by atoms with Crippen LogP contribution in [-0.2, 0) is 22.4 Å². The molecular weight excluding hydrogens is 432 g/mol. The minimum Gasteiger partial charge on any atom is -0.497 e. The molecule has 4 amide bonds. The number of hydrogen-bond donors (Lipinski definition) is 3. The van der Waals surface area contributed by atoms with E-state index in [9.17, 15) is 14.4 Å². The van der Waals surface area contributed by atoms with E-state index in [1.54, 1.807) is 12.0 Å². The number of rotatable bonds is 8. The third-order valence-electron chi connectivity index (χ3n) is 6.04. The normalized spacial score (nSPS) is 14.7. The fraction of sp³-hybridized carbons (Fsp3) is 0.423. The lowest BCUT2D eigenvalue weighted by atomic mass is 10.0. The topological polar surface area (TPSA) is 99.8 Å². The third kappa shape index (κ3) is 6.97. The molecule has 2 aromatic rings. The van der Waals surface area contributed by atoms with Crippen molar-refractivity contribution in [3.63, 3.8) is 0 Å². The first-order valence-corrected chi connectivity index (χ1v) is 11.7.